The second kappa shape index (κ2) is 3.25. The van der Waals surface area contributed by atoms with Crippen LogP contribution in [0.4, 0.5) is 0 Å². The minimum absolute atomic E-state index is 0.684. The zero-order valence-electron chi connectivity index (χ0n) is 6.37. The van der Waals surface area contributed by atoms with E-state index >= 15 is 0 Å². The highest BCUT2D eigenvalue weighted by atomic mass is 16.7. The Hall–Kier alpha value is -0.990. The lowest BCUT2D eigenvalue weighted by molar-refractivity contribution is 0.114. The molecule has 1 rings (SSSR count). The Kier molecular flexibility index (Phi) is 2.31. The van der Waals surface area contributed by atoms with Crippen molar-refractivity contribution in [3.05, 3.63) is 18.2 Å². The van der Waals surface area contributed by atoms with Gasteiger partial charge in [0, 0.05) is 12.6 Å². The zero-order valence-corrected chi connectivity index (χ0v) is 6.37. The van der Waals surface area contributed by atoms with E-state index in [4.69, 9.17) is 4.84 Å². The summed E-state index contributed by atoms with van der Waals surface area (Å²) in [6.07, 6.45) is 4.48. The van der Waals surface area contributed by atoms with E-state index in [1.807, 2.05) is 13.1 Å². The normalized spacial score (nSPS) is 9.80. The smallest absolute Gasteiger partial charge is 0.144 e. The van der Waals surface area contributed by atoms with Gasteiger partial charge < -0.3 is 4.84 Å². The van der Waals surface area contributed by atoms with E-state index in [-0.39, 0.29) is 0 Å². The SMILES string of the molecule is CCOn1ccnc1CC. The predicted molar refractivity (Wildman–Crippen MR) is 38.7 cm³/mol. The van der Waals surface area contributed by atoms with Crippen molar-refractivity contribution < 1.29 is 4.84 Å². The summed E-state index contributed by atoms with van der Waals surface area (Å²) in [7, 11) is 0. The minimum Gasteiger partial charge on any atom is -0.413 e. The maximum absolute atomic E-state index is 5.22. The fraction of sp³-hybridized carbons (Fsp3) is 0.571. The molecule has 0 radical (unpaired) electrons. The number of aromatic nitrogens is 2. The highest BCUT2D eigenvalue weighted by Crippen LogP contribution is 1.94. The largest absolute Gasteiger partial charge is 0.413 e. The third kappa shape index (κ3) is 1.29. The predicted octanol–water partition coefficient (Wildman–Crippen LogP) is 0.894. The third-order valence-electron chi connectivity index (χ3n) is 1.26. The number of nitrogens with zero attached hydrogens (tertiary/aromatic N) is 2. The molecule has 0 aromatic carbocycles. The van der Waals surface area contributed by atoms with Crippen molar-refractivity contribution in [2.45, 2.75) is 20.3 Å². The molecule has 3 heteroatoms. The molecule has 0 saturated carbocycles. The Morgan fingerprint density at radius 3 is 3.00 bits per heavy atom. The van der Waals surface area contributed by atoms with Crippen molar-refractivity contribution >= 4 is 0 Å². The summed E-state index contributed by atoms with van der Waals surface area (Å²) in [5, 5.41) is 0. The molecule has 0 spiro atoms. The van der Waals surface area contributed by atoms with Crippen LogP contribution in [0.3, 0.4) is 0 Å². The molecule has 0 aliphatic rings. The van der Waals surface area contributed by atoms with Gasteiger partial charge in [0.2, 0.25) is 0 Å². The molecule has 0 unspecified atom stereocenters. The standard InChI is InChI=1S/C7H12N2O/c1-3-7-8-5-6-9(7)10-4-2/h5-6H,3-4H2,1-2H3. The molecule has 1 heterocycles. The van der Waals surface area contributed by atoms with Crippen molar-refractivity contribution in [1.29, 1.82) is 0 Å². The lowest BCUT2D eigenvalue weighted by atomic mass is 10.5. The van der Waals surface area contributed by atoms with Gasteiger partial charge >= 0.3 is 0 Å². The Bertz CT molecular complexity index is 195. The number of hydrogen-bond acceptors (Lipinski definition) is 2. The first-order chi connectivity index (χ1) is 4.88. The van der Waals surface area contributed by atoms with Crippen LogP contribution in [0.2, 0.25) is 0 Å². The van der Waals surface area contributed by atoms with Gasteiger partial charge in [-0.1, -0.05) is 6.92 Å². The molecule has 0 bridgehead atoms. The van der Waals surface area contributed by atoms with E-state index in [1.165, 1.54) is 0 Å². The van der Waals surface area contributed by atoms with Gasteiger partial charge in [-0.2, -0.15) is 4.73 Å². The van der Waals surface area contributed by atoms with Crippen molar-refractivity contribution in [2.24, 2.45) is 0 Å². The van der Waals surface area contributed by atoms with E-state index in [0.717, 1.165) is 12.2 Å². The van der Waals surface area contributed by atoms with Crippen LogP contribution in [0.25, 0.3) is 0 Å². The maximum Gasteiger partial charge on any atom is 0.144 e. The van der Waals surface area contributed by atoms with Crippen molar-refractivity contribution in [3.8, 4) is 0 Å². The zero-order chi connectivity index (χ0) is 7.40. The fourth-order valence-corrected chi connectivity index (χ4v) is 0.827. The fourth-order valence-electron chi connectivity index (χ4n) is 0.827. The summed E-state index contributed by atoms with van der Waals surface area (Å²) in [4.78, 5) is 9.31. The van der Waals surface area contributed by atoms with Crippen LogP contribution in [0, 0.1) is 0 Å². The number of imidazole rings is 1. The van der Waals surface area contributed by atoms with Gasteiger partial charge in [-0.15, -0.1) is 0 Å². The molecule has 10 heavy (non-hydrogen) atoms. The highest BCUT2D eigenvalue weighted by molar-refractivity contribution is 4.88. The molecule has 0 N–H and O–H groups in total. The molecule has 0 saturated heterocycles. The summed E-state index contributed by atoms with van der Waals surface area (Å²) in [6, 6.07) is 0. The van der Waals surface area contributed by atoms with Crippen molar-refractivity contribution in [2.75, 3.05) is 6.61 Å². The molecule has 1 aromatic rings. The van der Waals surface area contributed by atoms with Crippen LogP contribution in [-0.4, -0.2) is 16.3 Å². The Labute approximate surface area is 60.6 Å². The average Bonchev–Trinajstić information content (AvgIpc) is 2.36. The van der Waals surface area contributed by atoms with Crippen LogP contribution in [0.5, 0.6) is 0 Å². The summed E-state index contributed by atoms with van der Waals surface area (Å²) >= 11 is 0. The van der Waals surface area contributed by atoms with Gasteiger partial charge in [0.15, 0.2) is 0 Å². The first kappa shape index (κ1) is 7.12. The highest BCUT2D eigenvalue weighted by Gasteiger charge is 1.97. The number of aryl methyl sites for hydroxylation is 1. The van der Waals surface area contributed by atoms with Crippen molar-refractivity contribution in [1.82, 2.24) is 9.71 Å². The second-order valence-corrected chi connectivity index (χ2v) is 1.94. The van der Waals surface area contributed by atoms with Crippen LogP contribution >= 0.6 is 0 Å². The summed E-state index contributed by atoms with van der Waals surface area (Å²) in [6.45, 7) is 4.70. The first-order valence-electron chi connectivity index (χ1n) is 3.54. The average molecular weight is 140 g/mol. The summed E-state index contributed by atoms with van der Waals surface area (Å²) in [5.41, 5.74) is 0. The summed E-state index contributed by atoms with van der Waals surface area (Å²) in [5.74, 6) is 0.974. The van der Waals surface area contributed by atoms with Crippen LogP contribution in [0.15, 0.2) is 12.4 Å². The van der Waals surface area contributed by atoms with Crippen LogP contribution in [0.1, 0.15) is 19.7 Å². The minimum atomic E-state index is 0.684. The molecular weight excluding hydrogens is 128 g/mol. The molecule has 0 aliphatic heterocycles. The molecule has 0 fully saturated rings. The second-order valence-electron chi connectivity index (χ2n) is 1.94. The quantitative estimate of drug-likeness (QED) is 0.623. The van der Waals surface area contributed by atoms with Crippen LogP contribution in [-0.2, 0) is 6.42 Å². The van der Waals surface area contributed by atoms with Gasteiger partial charge in [0.1, 0.15) is 12.4 Å². The molecule has 3 nitrogen and oxygen atoms in total. The first-order valence-corrected chi connectivity index (χ1v) is 3.54. The van der Waals surface area contributed by atoms with Gasteiger partial charge in [-0.3, -0.25) is 0 Å². The van der Waals surface area contributed by atoms with E-state index in [1.54, 1.807) is 10.9 Å². The van der Waals surface area contributed by atoms with Gasteiger partial charge in [0.25, 0.3) is 0 Å². The monoisotopic (exact) mass is 140 g/mol. The van der Waals surface area contributed by atoms with Crippen LogP contribution < -0.4 is 4.84 Å². The Morgan fingerprint density at radius 1 is 1.60 bits per heavy atom. The van der Waals surface area contributed by atoms with E-state index < -0.39 is 0 Å². The van der Waals surface area contributed by atoms with Gasteiger partial charge in [0.05, 0.1) is 6.20 Å². The Morgan fingerprint density at radius 2 is 2.40 bits per heavy atom. The topological polar surface area (TPSA) is 27.1 Å². The number of rotatable bonds is 3. The molecule has 56 valence electrons. The van der Waals surface area contributed by atoms with Gasteiger partial charge in [-0.05, 0) is 6.92 Å². The maximum atomic E-state index is 5.22. The van der Waals surface area contributed by atoms with E-state index in [2.05, 4.69) is 11.9 Å². The lowest BCUT2D eigenvalue weighted by Crippen LogP contribution is -2.12. The van der Waals surface area contributed by atoms with Crippen molar-refractivity contribution in [3.63, 3.8) is 0 Å². The van der Waals surface area contributed by atoms with E-state index in [0.29, 0.717) is 6.61 Å². The molecular formula is C7H12N2O. The molecule has 0 amide bonds. The molecule has 0 atom stereocenters. The summed E-state index contributed by atoms with van der Waals surface area (Å²) < 4.78 is 1.71. The molecule has 0 aliphatic carbocycles. The Balaban J connectivity index is 2.70. The third-order valence-corrected chi connectivity index (χ3v) is 1.26. The van der Waals surface area contributed by atoms with Gasteiger partial charge in [-0.25, -0.2) is 4.98 Å². The van der Waals surface area contributed by atoms with E-state index in [9.17, 15) is 0 Å². The lowest BCUT2D eigenvalue weighted by Gasteiger charge is -2.04. The molecule has 1 aromatic heterocycles. The number of hydrogen-bond donors (Lipinski definition) is 0.